The van der Waals surface area contributed by atoms with Crippen LogP contribution in [-0.2, 0) is 4.74 Å². The van der Waals surface area contributed by atoms with Crippen molar-refractivity contribution in [2.45, 2.75) is 72.6 Å². The van der Waals surface area contributed by atoms with E-state index in [9.17, 15) is 0 Å². The molecular weight excluding hydrogens is 276 g/mol. The molecule has 21 heavy (non-hydrogen) atoms. The van der Waals surface area contributed by atoms with Gasteiger partial charge in [0.05, 0.1) is 5.84 Å². The summed E-state index contributed by atoms with van der Waals surface area (Å²) >= 11 is 0. The maximum absolute atomic E-state index is 5.69. The first kappa shape index (κ1) is 20.6. The summed E-state index contributed by atoms with van der Waals surface area (Å²) in [4.78, 5) is 4.76. The van der Waals surface area contributed by atoms with Crippen molar-refractivity contribution in [1.29, 1.82) is 0 Å². The summed E-state index contributed by atoms with van der Waals surface area (Å²) in [6.45, 7) is 18.6. The van der Waals surface area contributed by atoms with E-state index in [0.29, 0.717) is 12.6 Å². The average Bonchev–Trinajstić information content (AvgIpc) is 2.43. The first-order valence-corrected chi connectivity index (χ1v) is 12.4. The molecule has 0 amide bonds. The van der Waals surface area contributed by atoms with Crippen LogP contribution in [0.1, 0.15) is 47.0 Å². The first-order chi connectivity index (χ1) is 9.84. The number of nitrogens with one attached hydrogen (secondary N) is 1. The molecule has 0 aliphatic heterocycles. The zero-order valence-electron chi connectivity index (χ0n) is 15.5. The smallest absolute Gasteiger partial charge is 0.117 e. The first-order valence-electron chi connectivity index (χ1n) is 8.68. The summed E-state index contributed by atoms with van der Waals surface area (Å²) in [6.07, 6.45) is 3.40. The molecule has 0 aliphatic carbocycles. The maximum atomic E-state index is 5.69. The fourth-order valence-electron chi connectivity index (χ4n) is 2.15. The van der Waals surface area contributed by atoms with Crippen LogP contribution in [0.4, 0.5) is 0 Å². The lowest BCUT2D eigenvalue weighted by molar-refractivity contribution is 0.141. The summed E-state index contributed by atoms with van der Waals surface area (Å²) in [7, 11) is -0.978. The third-order valence-electron chi connectivity index (χ3n) is 4.20. The molecule has 0 saturated carbocycles. The highest BCUT2D eigenvalue weighted by Crippen LogP contribution is 2.18. The number of ether oxygens (including phenoxy) is 1. The second-order valence-corrected chi connectivity index (χ2v) is 12.9. The normalized spacial score (nSPS) is 15.9. The highest BCUT2D eigenvalue weighted by atomic mass is 28.3. The van der Waals surface area contributed by atoms with Gasteiger partial charge in [0.25, 0.3) is 0 Å². The molecule has 0 rings (SSSR count). The molecular formula is C17H38N2OSi. The summed E-state index contributed by atoms with van der Waals surface area (Å²) in [6, 6.07) is 1.22. The van der Waals surface area contributed by atoms with Crippen LogP contribution in [-0.4, -0.2) is 33.8 Å². The molecule has 0 heterocycles. The largest absolute Gasteiger partial charge is 0.362 e. The van der Waals surface area contributed by atoms with Crippen LogP contribution >= 0.6 is 0 Å². The van der Waals surface area contributed by atoms with Gasteiger partial charge in [-0.2, -0.15) is 0 Å². The summed E-state index contributed by atoms with van der Waals surface area (Å²) in [5.74, 6) is 2.54. The van der Waals surface area contributed by atoms with Crippen molar-refractivity contribution in [2.75, 3.05) is 19.9 Å². The van der Waals surface area contributed by atoms with Crippen LogP contribution in [0.5, 0.6) is 0 Å². The van der Waals surface area contributed by atoms with Crippen LogP contribution in [0.3, 0.4) is 0 Å². The number of nitrogens with zero attached hydrogens (tertiary/aromatic N) is 1. The van der Waals surface area contributed by atoms with E-state index in [4.69, 9.17) is 9.73 Å². The summed E-state index contributed by atoms with van der Waals surface area (Å²) in [5, 5.41) is 3.34. The third-order valence-corrected chi connectivity index (χ3v) is 5.90. The zero-order valence-corrected chi connectivity index (χ0v) is 16.5. The lowest BCUT2D eigenvalue weighted by atomic mass is 9.90. The van der Waals surface area contributed by atoms with Gasteiger partial charge in [-0.3, -0.25) is 4.99 Å². The predicted molar refractivity (Wildman–Crippen MR) is 97.9 cm³/mol. The molecule has 126 valence electrons. The van der Waals surface area contributed by atoms with Crippen molar-refractivity contribution in [3.63, 3.8) is 0 Å². The van der Waals surface area contributed by atoms with Gasteiger partial charge in [-0.15, -0.1) is 0 Å². The number of hydrogen-bond acceptors (Lipinski definition) is 2. The van der Waals surface area contributed by atoms with Gasteiger partial charge < -0.3 is 10.1 Å². The fourth-order valence-corrected chi connectivity index (χ4v) is 2.91. The molecule has 1 N–H and O–H groups in total. The minimum absolute atomic E-state index is 0.595. The van der Waals surface area contributed by atoms with Gasteiger partial charge in [-0.05, 0) is 17.9 Å². The van der Waals surface area contributed by atoms with Crippen LogP contribution in [0.2, 0.25) is 25.7 Å². The van der Waals surface area contributed by atoms with Crippen molar-refractivity contribution in [1.82, 2.24) is 5.32 Å². The summed E-state index contributed by atoms with van der Waals surface area (Å²) in [5.41, 5.74) is 0. The Morgan fingerprint density at radius 1 is 1.14 bits per heavy atom. The highest BCUT2D eigenvalue weighted by molar-refractivity contribution is 6.76. The Hall–Kier alpha value is -0.353. The minimum atomic E-state index is -0.978. The Morgan fingerprint density at radius 3 is 2.29 bits per heavy atom. The molecule has 0 bridgehead atoms. The molecule has 0 fully saturated rings. The van der Waals surface area contributed by atoms with Crippen LogP contribution in [0, 0.1) is 11.8 Å². The second kappa shape index (κ2) is 11.2. The van der Waals surface area contributed by atoms with Crippen molar-refractivity contribution in [3.05, 3.63) is 0 Å². The van der Waals surface area contributed by atoms with E-state index in [0.717, 1.165) is 31.3 Å². The Labute approximate surface area is 134 Å². The second-order valence-electron chi connectivity index (χ2n) is 7.23. The Morgan fingerprint density at radius 2 is 1.81 bits per heavy atom. The maximum Gasteiger partial charge on any atom is 0.117 e. The van der Waals surface area contributed by atoms with Crippen LogP contribution < -0.4 is 5.32 Å². The van der Waals surface area contributed by atoms with E-state index in [-0.39, 0.29) is 0 Å². The molecule has 0 radical (unpaired) electrons. The van der Waals surface area contributed by atoms with Gasteiger partial charge in [0, 0.05) is 27.6 Å². The average molecular weight is 315 g/mol. The van der Waals surface area contributed by atoms with Crippen LogP contribution in [0.25, 0.3) is 0 Å². The van der Waals surface area contributed by atoms with Gasteiger partial charge in [0.15, 0.2) is 0 Å². The molecule has 0 spiro atoms. The lowest BCUT2D eigenvalue weighted by Crippen LogP contribution is -2.29. The topological polar surface area (TPSA) is 33.6 Å². The standard InChI is InChI=1S/C17H38N2OSi/c1-8-15(4)16(9-2)13-18-17(10-3)19-14-20-11-12-21(5,6)7/h15-16H,8-14H2,1-7H3,(H,18,19)/t15-,16?/m1/s1. The molecule has 0 aromatic rings. The predicted octanol–water partition coefficient (Wildman–Crippen LogP) is 4.77. The Bertz CT molecular complexity index is 287. The van der Waals surface area contributed by atoms with Crippen molar-refractivity contribution in [2.24, 2.45) is 16.8 Å². The van der Waals surface area contributed by atoms with Gasteiger partial charge >= 0.3 is 0 Å². The van der Waals surface area contributed by atoms with Gasteiger partial charge in [0.1, 0.15) is 6.73 Å². The fraction of sp³-hybridized carbons (Fsp3) is 0.941. The van der Waals surface area contributed by atoms with E-state index < -0.39 is 8.07 Å². The molecule has 4 heteroatoms. The number of rotatable bonds is 11. The molecule has 3 nitrogen and oxygen atoms in total. The SMILES string of the molecule is CC/C(=N\CC(CC)[C@H](C)CC)NCOCC[Si](C)(C)C. The van der Waals surface area contributed by atoms with E-state index >= 15 is 0 Å². The van der Waals surface area contributed by atoms with E-state index in [1.807, 2.05) is 0 Å². The number of hydrogen-bond donors (Lipinski definition) is 1. The van der Waals surface area contributed by atoms with Crippen molar-refractivity contribution >= 4 is 13.9 Å². The quantitative estimate of drug-likeness (QED) is 0.196. The molecule has 2 atom stereocenters. The highest BCUT2D eigenvalue weighted by Gasteiger charge is 2.13. The number of aliphatic imine (C=N–C) groups is 1. The van der Waals surface area contributed by atoms with Crippen molar-refractivity contribution in [3.8, 4) is 0 Å². The Kier molecular flexibility index (Phi) is 11.1. The monoisotopic (exact) mass is 314 g/mol. The minimum Gasteiger partial charge on any atom is -0.362 e. The van der Waals surface area contributed by atoms with Crippen molar-refractivity contribution < 1.29 is 4.74 Å². The molecule has 0 aromatic carbocycles. The van der Waals surface area contributed by atoms with Gasteiger partial charge in [-0.25, -0.2) is 0 Å². The van der Waals surface area contributed by atoms with Gasteiger partial charge in [-0.1, -0.05) is 60.2 Å². The lowest BCUT2D eigenvalue weighted by Gasteiger charge is -2.20. The van der Waals surface area contributed by atoms with E-state index in [1.165, 1.54) is 18.9 Å². The molecule has 0 aliphatic rings. The van der Waals surface area contributed by atoms with E-state index in [1.54, 1.807) is 0 Å². The zero-order chi connectivity index (χ0) is 16.3. The third kappa shape index (κ3) is 10.9. The van der Waals surface area contributed by atoms with Crippen LogP contribution in [0.15, 0.2) is 4.99 Å². The Balaban J connectivity index is 4.05. The molecule has 1 unspecified atom stereocenters. The number of amidine groups is 1. The summed E-state index contributed by atoms with van der Waals surface area (Å²) < 4.78 is 5.69. The molecule has 0 aromatic heterocycles. The van der Waals surface area contributed by atoms with E-state index in [2.05, 4.69) is 52.7 Å². The molecule has 0 saturated heterocycles. The van der Waals surface area contributed by atoms with Gasteiger partial charge in [0.2, 0.25) is 0 Å².